The number of thioether (sulfide) groups is 1. The molecule has 1 aromatic heterocycles. The number of carbonyl (C=O) groups excluding carboxylic acids is 2. The van der Waals surface area contributed by atoms with E-state index in [2.05, 4.69) is 22.0 Å². The molecule has 0 spiro atoms. The van der Waals surface area contributed by atoms with Crippen LogP contribution in [0.15, 0.2) is 87.1 Å². The van der Waals surface area contributed by atoms with Crippen LogP contribution in [0.2, 0.25) is 0 Å². The molecule has 2 aromatic carbocycles. The number of ether oxygens (including phenoxy) is 2. The molecule has 200 valence electrons. The van der Waals surface area contributed by atoms with Gasteiger partial charge in [-0.3, -0.25) is 9.59 Å². The van der Waals surface area contributed by atoms with E-state index in [0.29, 0.717) is 39.2 Å². The molecule has 0 saturated heterocycles. The van der Waals surface area contributed by atoms with Crippen LogP contribution in [0.3, 0.4) is 0 Å². The Morgan fingerprint density at radius 1 is 1.05 bits per heavy atom. The van der Waals surface area contributed by atoms with Gasteiger partial charge in [-0.1, -0.05) is 30.0 Å². The molecule has 9 nitrogen and oxygen atoms in total. The summed E-state index contributed by atoms with van der Waals surface area (Å²) in [4.78, 5) is 26.4. The standard InChI is InChI=1S/C29H28N4O5S/c1-17-8-5-6-9-21(17)32-25(34)16-39-29-20(15-30)27(24-10-7-13-38-24)26(18(2)31-29)28(35)33-22-14-19(36-3)11-12-23(22)37-4/h5-14,27,31H,16H2,1-4H3,(H,32,34)(H,33,35)/t27-/m0/s1. The highest BCUT2D eigenvalue weighted by Crippen LogP contribution is 2.41. The van der Waals surface area contributed by atoms with E-state index in [9.17, 15) is 14.9 Å². The van der Waals surface area contributed by atoms with Gasteiger partial charge in [0.1, 0.15) is 17.3 Å². The van der Waals surface area contributed by atoms with Gasteiger partial charge in [-0.25, -0.2) is 0 Å². The minimum absolute atomic E-state index is 0.0581. The Kier molecular flexibility index (Phi) is 8.63. The maximum atomic E-state index is 13.7. The number of nitrogens with zero attached hydrogens (tertiary/aromatic N) is 1. The summed E-state index contributed by atoms with van der Waals surface area (Å²) in [6.07, 6.45) is 1.49. The highest BCUT2D eigenvalue weighted by Gasteiger charge is 2.36. The Morgan fingerprint density at radius 3 is 2.51 bits per heavy atom. The molecule has 2 heterocycles. The van der Waals surface area contributed by atoms with Gasteiger partial charge in [-0.2, -0.15) is 5.26 Å². The Morgan fingerprint density at radius 2 is 1.85 bits per heavy atom. The van der Waals surface area contributed by atoms with Crippen molar-refractivity contribution in [2.75, 3.05) is 30.6 Å². The van der Waals surface area contributed by atoms with Crippen molar-refractivity contribution in [1.82, 2.24) is 5.32 Å². The Hall–Kier alpha value is -4.62. The molecule has 0 saturated carbocycles. The third kappa shape index (κ3) is 6.10. The predicted octanol–water partition coefficient (Wildman–Crippen LogP) is 5.31. The van der Waals surface area contributed by atoms with Crippen molar-refractivity contribution in [3.8, 4) is 17.6 Å². The molecule has 0 unspecified atom stereocenters. The summed E-state index contributed by atoms with van der Waals surface area (Å²) < 4.78 is 16.4. The highest BCUT2D eigenvalue weighted by molar-refractivity contribution is 8.03. The fourth-order valence-corrected chi connectivity index (χ4v) is 5.10. The lowest BCUT2D eigenvalue weighted by Crippen LogP contribution is -2.31. The molecule has 4 rings (SSSR count). The Bertz CT molecular complexity index is 1490. The van der Waals surface area contributed by atoms with Crippen molar-refractivity contribution in [3.63, 3.8) is 0 Å². The van der Waals surface area contributed by atoms with Crippen molar-refractivity contribution in [2.24, 2.45) is 0 Å². The lowest BCUT2D eigenvalue weighted by atomic mass is 9.85. The molecular formula is C29H28N4O5S. The second-order valence-electron chi connectivity index (χ2n) is 8.64. The van der Waals surface area contributed by atoms with Crippen LogP contribution in [0.5, 0.6) is 11.5 Å². The van der Waals surface area contributed by atoms with Crippen LogP contribution < -0.4 is 25.4 Å². The maximum Gasteiger partial charge on any atom is 0.254 e. The van der Waals surface area contributed by atoms with Crippen LogP contribution in [-0.2, 0) is 9.59 Å². The number of nitriles is 1. The molecule has 1 atom stereocenters. The predicted molar refractivity (Wildman–Crippen MR) is 150 cm³/mol. The SMILES string of the molecule is COc1ccc(OC)c(NC(=O)C2=C(C)NC(SCC(=O)Nc3ccccc3C)=C(C#N)[C@H]2c2ccco2)c1. The average Bonchev–Trinajstić information content (AvgIpc) is 3.47. The van der Waals surface area contributed by atoms with Crippen molar-refractivity contribution < 1.29 is 23.5 Å². The van der Waals surface area contributed by atoms with E-state index in [1.54, 1.807) is 37.3 Å². The summed E-state index contributed by atoms with van der Waals surface area (Å²) in [5.74, 6) is 0.0343. The number of nitrogens with one attached hydrogen (secondary N) is 3. The Balaban J connectivity index is 1.61. The molecule has 1 aliphatic heterocycles. The quantitative estimate of drug-likeness (QED) is 0.331. The van der Waals surface area contributed by atoms with Crippen LogP contribution in [0.25, 0.3) is 0 Å². The molecule has 1 aliphatic rings. The van der Waals surface area contributed by atoms with E-state index < -0.39 is 11.8 Å². The number of furan rings is 1. The number of amides is 2. The van der Waals surface area contributed by atoms with E-state index in [1.165, 1.54) is 32.2 Å². The number of rotatable bonds is 9. The number of carbonyl (C=O) groups is 2. The van der Waals surface area contributed by atoms with Gasteiger partial charge < -0.3 is 29.8 Å². The number of methoxy groups -OCH3 is 2. The molecule has 0 fully saturated rings. The van der Waals surface area contributed by atoms with Crippen LogP contribution >= 0.6 is 11.8 Å². The van der Waals surface area contributed by atoms with Crippen molar-refractivity contribution >= 4 is 35.0 Å². The number of aryl methyl sites for hydroxylation is 1. The molecule has 3 N–H and O–H groups in total. The van der Waals surface area contributed by atoms with E-state index in [0.717, 1.165) is 11.3 Å². The number of para-hydroxylation sites is 1. The van der Waals surface area contributed by atoms with Crippen molar-refractivity contribution in [1.29, 1.82) is 5.26 Å². The van der Waals surface area contributed by atoms with E-state index >= 15 is 0 Å². The van der Waals surface area contributed by atoms with Gasteiger partial charge in [0.15, 0.2) is 0 Å². The number of allylic oxidation sites excluding steroid dienone is 2. The van der Waals surface area contributed by atoms with Crippen molar-refractivity contribution in [2.45, 2.75) is 19.8 Å². The van der Waals surface area contributed by atoms with Gasteiger partial charge in [0.05, 0.1) is 60.1 Å². The minimum Gasteiger partial charge on any atom is -0.497 e. The number of hydrogen-bond acceptors (Lipinski definition) is 8. The topological polar surface area (TPSA) is 126 Å². The maximum absolute atomic E-state index is 13.7. The second-order valence-corrected chi connectivity index (χ2v) is 9.62. The molecule has 2 amide bonds. The fourth-order valence-electron chi connectivity index (χ4n) is 4.21. The third-order valence-electron chi connectivity index (χ3n) is 6.14. The van der Waals surface area contributed by atoms with Crippen LogP contribution in [-0.4, -0.2) is 31.8 Å². The average molecular weight is 545 g/mol. The van der Waals surface area contributed by atoms with Gasteiger partial charge in [0.25, 0.3) is 5.91 Å². The van der Waals surface area contributed by atoms with Gasteiger partial charge in [-0.05, 0) is 49.7 Å². The zero-order valence-corrected chi connectivity index (χ0v) is 22.8. The molecule has 10 heteroatoms. The smallest absolute Gasteiger partial charge is 0.254 e. The molecular weight excluding hydrogens is 516 g/mol. The highest BCUT2D eigenvalue weighted by atomic mass is 32.2. The van der Waals surface area contributed by atoms with E-state index in [4.69, 9.17) is 13.9 Å². The second kappa shape index (κ2) is 12.3. The Labute approximate surface area is 230 Å². The van der Waals surface area contributed by atoms with Crippen LogP contribution in [0.1, 0.15) is 24.2 Å². The molecule has 0 radical (unpaired) electrons. The zero-order valence-electron chi connectivity index (χ0n) is 22.0. The first-order chi connectivity index (χ1) is 18.9. The summed E-state index contributed by atoms with van der Waals surface area (Å²) in [5.41, 5.74) is 3.19. The van der Waals surface area contributed by atoms with Gasteiger partial charge in [0, 0.05) is 17.5 Å². The lowest BCUT2D eigenvalue weighted by molar-refractivity contribution is -0.114. The van der Waals surface area contributed by atoms with Crippen LogP contribution in [0, 0.1) is 18.3 Å². The fraction of sp³-hybridized carbons (Fsp3) is 0.207. The molecule has 39 heavy (non-hydrogen) atoms. The number of anilines is 2. The summed E-state index contributed by atoms with van der Waals surface area (Å²) >= 11 is 1.19. The van der Waals surface area contributed by atoms with Crippen molar-refractivity contribution in [3.05, 3.63) is 94.1 Å². The normalized spacial score (nSPS) is 14.8. The van der Waals surface area contributed by atoms with Gasteiger partial charge >= 0.3 is 0 Å². The van der Waals surface area contributed by atoms with Gasteiger partial charge in [0.2, 0.25) is 5.91 Å². The monoisotopic (exact) mass is 544 g/mol. The third-order valence-corrected chi connectivity index (χ3v) is 7.16. The van der Waals surface area contributed by atoms with E-state index in [-0.39, 0.29) is 17.2 Å². The number of hydrogen-bond donors (Lipinski definition) is 3. The van der Waals surface area contributed by atoms with Gasteiger partial charge in [-0.15, -0.1) is 0 Å². The molecule has 0 bridgehead atoms. The van der Waals surface area contributed by atoms with E-state index in [1.807, 2.05) is 31.2 Å². The first-order valence-electron chi connectivity index (χ1n) is 12.0. The first kappa shape index (κ1) is 27.4. The summed E-state index contributed by atoms with van der Waals surface area (Å²) in [6, 6.07) is 18.2. The van der Waals surface area contributed by atoms with Crippen LogP contribution in [0.4, 0.5) is 11.4 Å². The summed E-state index contributed by atoms with van der Waals surface area (Å²) in [7, 11) is 3.04. The first-order valence-corrected chi connectivity index (χ1v) is 13.0. The summed E-state index contributed by atoms with van der Waals surface area (Å²) in [5, 5.41) is 19.6. The number of dihydropyridines is 1. The summed E-state index contributed by atoms with van der Waals surface area (Å²) in [6.45, 7) is 3.66. The molecule has 0 aliphatic carbocycles. The molecule has 3 aromatic rings. The number of benzene rings is 2. The zero-order chi connectivity index (χ0) is 27.9. The minimum atomic E-state index is -0.787. The lowest BCUT2D eigenvalue weighted by Gasteiger charge is -2.28. The largest absolute Gasteiger partial charge is 0.497 e.